The smallest absolute Gasteiger partial charge is 0.140 e. The van der Waals surface area contributed by atoms with Gasteiger partial charge in [-0.1, -0.05) is 42.3 Å². The van der Waals surface area contributed by atoms with Gasteiger partial charge >= 0.3 is 0 Å². The number of ether oxygens (including phenoxy) is 1. The molecule has 0 spiro atoms. The van der Waals surface area contributed by atoms with Crippen molar-refractivity contribution in [3.63, 3.8) is 0 Å². The molecule has 0 aliphatic rings. The third-order valence-corrected chi connectivity index (χ3v) is 3.74. The van der Waals surface area contributed by atoms with E-state index in [1.165, 1.54) is 0 Å². The number of pyridine rings is 1. The number of halogens is 2. The highest BCUT2D eigenvalue weighted by molar-refractivity contribution is 6.42. The fourth-order valence-corrected chi connectivity index (χ4v) is 2.15. The van der Waals surface area contributed by atoms with E-state index >= 15 is 0 Å². The third-order valence-electron chi connectivity index (χ3n) is 2.93. The zero-order valence-electron chi connectivity index (χ0n) is 11.9. The van der Waals surface area contributed by atoms with Gasteiger partial charge in [-0.3, -0.25) is 4.98 Å². The summed E-state index contributed by atoms with van der Waals surface area (Å²) in [5, 5.41) is 4.25. The van der Waals surface area contributed by atoms with Crippen LogP contribution in [0.1, 0.15) is 24.6 Å². The molecule has 0 aliphatic carbocycles. The lowest BCUT2D eigenvalue weighted by molar-refractivity contribution is 0.301. The Morgan fingerprint density at radius 2 is 2.05 bits per heavy atom. The number of hydrogen-bond donors (Lipinski definition) is 1. The van der Waals surface area contributed by atoms with Gasteiger partial charge in [0.2, 0.25) is 0 Å². The Bertz CT molecular complexity index is 573. The molecule has 0 saturated heterocycles. The summed E-state index contributed by atoms with van der Waals surface area (Å²) >= 11 is 12.0. The second-order valence-corrected chi connectivity index (χ2v) is 5.46. The van der Waals surface area contributed by atoms with E-state index in [-0.39, 0.29) is 0 Å². The van der Waals surface area contributed by atoms with Crippen LogP contribution in [0.2, 0.25) is 10.0 Å². The molecule has 112 valence electrons. The Balaban J connectivity index is 1.90. The number of nitrogens with zero attached hydrogens (tertiary/aromatic N) is 1. The van der Waals surface area contributed by atoms with Gasteiger partial charge in [0.1, 0.15) is 17.4 Å². The van der Waals surface area contributed by atoms with Crippen LogP contribution in [0.15, 0.2) is 36.5 Å². The van der Waals surface area contributed by atoms with Gasteiger partial charge < -0.3 is 10.1 Å². The SMILES string of the molecule is CCCNCc1ccc(COc2cccc(Cl)c2Cl)nc1. The van der Waals surface area contributed by atoms with Crippen molar-refractivity contribution in [2.75, 3.05) is 6.54 Å². The maximum absolute atomic E-state index is 6.07. The van der Waals surface area contributed by atoms with Crippen molar-refractivity contribution < 1.29 is 4.74 Å². The molecular weight excluding hydrogens is 307 g/mol. The van der Waals surface area contributed by atoms with E-state index in [4.69, 9.17) is 27.9 Å². The van der Waals surface area contributed by atoms with Crippen LogP contribution in [0.5, 0.6) is 5.75 Å². The van der Waals surface area contributed by atoms with E-state index < -0.39 is 0 Å². The Kier molecular flexibility index (Phi) is 6.30. The quantitative estimate of drug-likeness (QED) is 0.763. The maximum Gasteiger partial charge on any atom is 0.140 e. The normalized spacial score (nSPS) is 10.6. The Morgan fingerprint density at radius 1 is 1.19 bits per heavy atom. The number of nitrogens with one attached hydrogen (secondary N) is 1. The molecule has 1 aromatic carbocycles. The zero-order chi connectivity index (χ0) is 15.1. The summed E-state index contributed by atoms with van der Waals surface area (Å²) in [6.07, 6.45) is 2.99. The fourth-order valence-electron chi connectivity index (χ4n) is 1.80. The monoisotopic (exact) mass is 324 g/mol. The van der Waals surface area contributed by atoms with Crippen molar-refractivity contribution >= 4 is 23.2 Å². The summed E-state index contributed by atoms with van der Waals surface area (Å²) in [5.74, 6) is 0.569. The molecule has 0 radical (unpaired) electrons. The first kappa shape index (κ1) is 16.1. The largest absolute Gasteiger partial charge is 0.486 e. The Hall–Kier alpha value is -1.29. The van der Waals surface area contributed by atoms with Crippen LogP contribution in [0.25, 0.3) is 0 Å². The molecule has 2 rings (SSSR count). The average molecular weight is 325 g/mol. The number of rotatable bonds is 7. The third kappa shape index (κ3) is 4.88. The van der Waals surface area contributed by atoms with Crippen LogP contribution in [-0.4, -0.2) is 11.5 Å². The van der Waals surface area contributed by atoms with Crippen molar-refractivity contribution in [3.05, 3.63) is 57.8 Å². The van der Waals surface area contributed by atoms with Crippen LogP contribution < -0.4 is 10.1 Å². The van der Waals surface area contributed by atoms with Crippen molar-refractivity contribution in [1.82, 2.24) is 10.3 Å². The van der Waals surface area contributed by atoms with E-state index in [1.54, 1.807) is 18.2 Å². The van der Waals surface area contributed by atoms with Gasteiger partial charge in [-0.05, 0) is 36.7 Å². The van der Waals surface area contributed by atoms with Crippen LogP contribution in [0, 0.1) is 0 Å². The molecule has 5 heteroatoms. The molecule has 1 aromatic heterocycles. The molecule has 0 atom stereocenters. The summed E-state index contributed by atoms with van der Waals surface area (Å²) in [5.41, 5.74) is 2.01. The molecule has 3 nitrogen and oxygen atoms in total. The molecule has 2 aromatic rings. The molecule has 1 N–H and O–H groups in total. The zero-order valence-corrected chi connectivity index (χ0v) is 13.4. The minimum atomic E-state index is 0.364. The van der Waals surface area contributed by atoms with Crippen LogP contribution in [0.3, 0.4) is 0 Å². The van der Waals surface area contributed by atoms with Gasteiger partial charge in [0.25, 0.3) is 0 Å². The van der Waals surface area contributed by atoms with E-state index in [1.807, 2.05) is 18.3 Å². The van der Waals surface area contributed by atoms with Gasteiger partial charge in [0.05, 0.1) is 10.7 Å². The molecule has 0 unspecified atom stereocenters. The van der Waals surface area contributed by atoms with Gasteiger partial charge in [0, 0.05) is 12.7 Å². The summed E-state index contributed by atoms with van der Waals surface area (Å²) in [7, 11) is 0. The van der Waals surface area contributed by atoms with E-state index in [2.05, 4.69) is 17.2 Å². The summed E-state index contributed by atoms with van der Waals surface area (Å²) in [6, 6.07) is 9.33. The van der Waals surface area contributed by atoms with Crippen LogP contribution in [0.4, 0.5) is 0 Å². The number of hydrogen-bond acceptors (Lipinski definition) is 3. The molecule has 1 heterocycles. The van der Waals surface area contributed by atoms with Crippen molar-refractivity contribution in [2.45, 2.75) is 26.5 Å². The van der Waals surface area contributed by atoms with Gasteiger partial charge in [-0.15, -0.1) is 0 Å². The van der Waals surface area contributed by atoms with Crippen molar-refractivity contribution in [3.8, 4) is 5.75 Å². The number of benzene rings is 1. The second-order valence-electron chi connectivity index (χ2n) is 4.68. The molecule has 0 saturated carbocycles. The first-order valence-corrected chi connectivity index (χ1v) is 7.67. The minimum absolute atomic E-state index is 0.364. The van der Waals surface area contributed by atoms with Crippen molar-refractivity contribution in [1.29, 1.82) is 0 Å². The van der Waals surface area contributed by atoms with Crippen molar-refractivity contribution in [2.24, 2.45) is 0 Å². The number of aromatic nitrogens is 1. The summed E-state index contributed by atoms with van der Waals surface area (Å²) in [4.78, 5) is 4.38. The first-order valence-electron chi connectivity index (χ1n) is 6.92. The lowest BCUT2D eigenvalue weighted by Gasteiger charge is -2.09. The first-order chi connectivity index (χ1) is 10.2. The Labute approximate surface area is 135 Å². The highest BCUT2D eigenvalue weighted by Gasteiger charge is 2.06. The van der Waals surface area contributed by atoms with E-state index in [0.717, 1.165) is 30.8 Å². The molecule has 21 heavy (non-hydrogen) atoms. The van der Waals surface area contributed by atoms with Gasteiger partial charge in [-0.2, -0.15) is 0 Å². The lowest BCUT2D eigenvalue weighted by Crippen LogP contribution is -2.14. The highest BCUT2D eigenvalue weighted by Crippen LogP contribution is 2.31. The van der Waals surface area contributed by atoms with Gasteiger partial charge in [-0.25, -0.2) is 0 Å². The van der Waals surface area contributed by atoms with Crippen LogP contribution in [-0.2, 0) is 13.2 Å². The van der Waals surface area contributed by atoms with Crippen LogP contribution >= 0.6 is 23.2 Å². The standard InChI is InChI=1S/C16H18Cl2N2O/c1-2-8-19-9-12-6-7-13(20-10-12)11-21-15-5-3-4-14(17)16(15)18/h3-7,10,19H,2,8-9,11H2,1H3. The molecule has 0 bridgehead atoms. The van der Waals surface area contributed by atoms with Gasteiger partial charge in [0.15, 0.2) is 0 Å². The molecular formula is C16H18Cl2N2O. The summed E-state index contributed by atoms with van der Waals surface area (Å²) in [6.45, 7) is 4.36. The van der Waals surface area contributed by atoms with E-state index in [9.17, 15) is 0 Å². The van der Waals surface area contributed by atoms with E-state index in [0.29, 0.717) is 22.4 Å². The second kappa shape index (κ2) is 8.23. The predicted octanol–water partition coefficient (Wildman–Crippen LogP) is 4.47. The fraction of sp³-hybridized carbons (Fsp3) is 0.312. The maximum atomic E-state index is 6.07. The minimum Gasteiger partial charge on any atom is -0.486 e. The topological polar surface area (TPSA) is 34.1 Å². The summed E-state index contributed by atoms with van der Waals surface area (Å²) < 4.78 is 5.65. The molecule has 0 aliphatic heterocycles. The predicted molar refractivity (Wildman–Crippen MR) is 87.0 cm³/mol. The highest BCUT2D eigenvalue weighted by atomic mass is 35.5. The average Bonchev–Trinajstić information content (AvgIpc) is 2.50. The molecule has 0 fully saturated rings. The molecule has 0 amide bonds. The Morgan fingerprint density at radius 3 is 2.76 bits per heavy atom. The lowest BCUT2D eigenvalue weighted by atomic mass is 10.2.